The molecular weight excluding hydrogens is 246 g/mol. The van der Waals surface area contributed by atoms with Crippen LogP contribution in [0.5, 0.6) is 0 Å². The van der Waals surface area contributed by atoms with Crippen LogP contribution in [-0.2, 0) is 21.3 Å². The van der Waals surface area contributed by atoms with Crippen molar-refractivity contribution in [3.05, 3.63) is 36.0 Å². The Morgan fingerprint density at radius 2 is 2.11 bits per heavy atom. The highest BCUT2D eigenvalue weighted by Crippen LogP contribution is 2.16. The minimum absolute atomic E-state index is 0.298. The van der Waals surface area contributed by atoms with E-state index in [1.54, 1.807) is 13.0 Å². The molecule has 0 aliphatic heterocycles. The van der Waals surface area contributed by atoms with Gasteiger partial charge in [0.25, 0.3) is 6.47 Å². The summed E-state index contributed by atoms with van der Waals surface area (Å²) in [6.45, 7) is 2.66. The topological polar surface area (TPSA) is 57.5 Å². The van der Waals surface area contributed by atoms with Crippen LogP contribution in [0.15, 0.2) is 30.5 Å². The van der Waals surface area contributed by atoms with Crippen LogP contribution in [0.25, 0.3) is 10.9 Å². The lowest BCUT2D eigenvalue weighted by molar-refractivity contribution is -0.128. The van der Waals surface area contributed by atoms with E-state index >= 15 is 0 Å². The summed E-state index contributed by atoms with van der Waals surface area (Å²) >= 11 is 0. The summed E-state index contributed by atoms with van der Waals surface area (Å²) in [5, 5.41) is 1.13. The molecule has 1 heterocycles. The van der Waals surface area contributed by atoms with Crippen molar-refractivity contribution in [1.29, 1.82) is 0 Å². The highest BCUT2D eigenvalue weighted by molar-refractivity contribution is 5.94. The van der Waals surface area contributed by atoms with Crippen molar-refractivity contribution < 1.29 is 19.1 Å². The average Bonchev–Trinajstić information content (AvgIpc) is 2.81. The Morgan fingerprint density at radius 3 is 2.63 bits per heavy atom. The smallest absolute Gasteiger partial charge is 0.337 e. The van der Waals surface area contributed by atoms with Gasteiger partial charge in [-0.2, -0.15) is 0 Å². The lowest BCUT2D eigenvalue weighted by atomic mass is 10.2. The molecule has 0 radical (unpaired) electrons. The van der Waals surface area contributed by atoms with Crippen LogP contribution >= 0.6 is 0 Å². The van der Waals surface area contributed by atoms with Gasteiger partial charge in [0.1, 0.15) is 0 Å². The first-order valence-corrected chi connectivity index (χ1v) is 5.82. The third-order valence-corrected chi connectivity index (χ3v) is 2.54. The zero-order chi connectivity index (χ0) is 14.3. The fourth-order valence-corrected chi connectivity index (χ4v) is 1.58. The van der Waals surface area contributed by atoms with Crippen LogP contribution in [0.1, 0.15) is 17.3 Å². The molecule has 1 aromatic heterocycles. The third kappa shape index (κ3) is 3.84. The molecule has 102 valence electrons. The van der Waals surface area contributed by atoms with Gasteiger partial charge in [0.15, 0.2) is 0 Å². The normalized spacial score (nSPS) is 9.42. The highest BCUT2D eigenvalue weighted by atomic mass is 16.5. The maximum Gasteiger partial charge on any atom is 0.337 e. The standard InChI is InChI=1S/C11H11NO2.C3H6O2/c1-12-6-5-8-3-4-9(7-10(8)12)11(13)14-2;1-2-5-3-4/h3-7H,1-2H3;3H,2H2,1H3. The summed E-state index contributed by atoms with van der Waals surface area (Å²) in [4.78, 5) is 20.4. The van der Waals surface area contributed by atoms with E-state index in [0.717, 1.165) is 10.9 Å². The first kappa shape index (κ1) is 14.8. The Kier molecular flexibility index (Phi) is 5.60. The molecular formula is C14H17NO4. The zero-order valence-electron chi connectivity index (χ0n) is 11.3. The molecule has 0 aliphatic carbocycles. The summed E-state index contributed by atoms with van der Waals surface area (Å²) in [7, 11) is 3.33. The maximum absolute atomic E-state index is 11.3. The molecule has 0 aliphatic rings. The van der Waals surface area contributed by atoms with Gasteiger partial charge >= 0.3 is 5.97 Å². The predicted octanol–water partition coefficient (Wildman–Crippen LogP) is 2.14. The van der Waals surface area contributed by atoms with Gasteiger partial charge in [-0.05, 0) is 30.5 Å². The molecule has 0 saturated heterocycles. The lowest BCUT2D eigenvalue weighted by Crippen LogP contribution is -2.00. The van der Waals surface area contributed by atoms with Crippen molar-refractivity contribution in [2.24, 2.45) is 7.05 Å². The van der Waals surface area contributed by atoms with E-state index in [1.165, 1.54) is 7.11 Å². The molecule has 0 N–H and O–H groups in total. The third-order valence-electron chi connectivity index (χ3n) is 2.54. The van der Waals surface area contributed by atoms with Gasteiger partial charge < -0.3 is 14.0 Å². The Hall–Kier alpha value is -2.30. The molecule has 19 heavy (non-hydrogen) atoms. The van der Waals surface area contributed by atoms with Crippen LogP contribution in [0.3, 0.4) is 0 Å². The van der Waals surface area contributed by atoms with Gasteiger partial charge in [-0.25, -0.2) is 4.79 Å². The lowest BCUT2D eigenvalue weighted by Gasteiger charge is -2.00. The maximum atomic E-state index is 11.3. The number of fused-ring (bicyclic) bond motifs is 1. The Bertz CT molecular complexity index is 560. The second kappa shape index (κ2) is 7.20. The number of esters is 1. The molecule has 2 rings (SSSR count). The fourth-order valence-electron chi connectivity index (χ4n) is 1.58. The van der Waals surface area contributed by atoms with E-state index < -0.39 is 0 Å². The van der Waals surface area contributed by atoms with Gasteiger partial charge in [0.05, 0.1) is 19.3 Å². The number of aryl methyl sites for hydroxylation is 1. The second-order valence-electron chi connectivity index (χ2n) is 3.74. The van der Waals surface area contributed by atoms with Gasteiger partial charge in [0, 0.05) is 18.8 Å². The number of ether oxygens (including phenoxy) is 2. The second-order valence-corrected chi connectivity index (χ2v) is 3.74. The van der Waals surface area contributed by atoms with Gasteiger partial charge in [-0.15, -0.1) is 0 Å². The summed E-state index contributed by atoms with van der Waals surface area (Å²) in [5.74, 6) is -0.298. The summed E-state index contributed by atoms with van der Waals surface area (Å²) in [6, 6.07) is 7.54. The van der Waals surface area contributed by atoms with E-state index in [1.807, 2.05) is 36.0 Å². The molecule has 0 unspecified atom stereocenters. The van der Waals surface area contributed by atoms with Crippen molar-refractivity contribution in [2.45, 2.75) is 6.92 Å². The van der Waals surface area contributed by atoms with Crippen molar-refractivity contribution in [1.82, 2.24) is 4.57 Å². The average molecular weight is 263 g/mol. The van der Waals surface area contributed by atoms with Gasteiger partial charge in [-0.1, -0.05) is 6.07 Å². The zero-order valence-corrected chi connectivity index (χ0v) is 11.3. The number of rotatable bonds is 3. The molecule has 0 spiro atoms. The molecule has 0 amide bonds. The molecule has 5 heteroatoms. The SMILES string of the molecule is CCOC=O.COC(=O)c1ccc2ccn(C)c2c1. The molecule has 5 nitrogen and oxygen atoms in total. The van der Waals surface area contributed by atoms with Crippen LogP contribution in [0.4, 0.5) is 0 Å². The summed E-state index contributed by atoms with van der Waals surface area (Å²) in [5.41, 5.74) is 1.62. The number of methoxy groups -OCH3 is 1. The van der Waals surface area contributed by atoms with Gasteiger partial charge in [-0.3, -0.25) is 4.79 Å². The van der Waals surface area contributed by atoms with E-state index in [9.17, 15) is 9.59 Å². The predicted molar refractivity (Wildman–Crippen MR) is 71.9 cm³/mol. The number of hydrogen-bond acceptors (Lipinski definition) is 4. The first-order valence-electron chi connectivity index (χ1n) is 5.82. The first-order chi connectivity index (χ1) is 9.13. The number of carbonyl (C=O) groups excluding carboxylic acids is 2. The molecule has 0 saturated carbocycles. The molecule has 0 fully saturated rings. The van der Waals surface area contributed by atoms with E-state index in [4.69, 9.17) is 0 Å². The number of hydrogen-bond donors (Lipinski definition) is 0. The van der Waals surface area contributed by atoms with E-state index in [2.05, 4.69) is 9.47 Å². The van der Waals surface area contributed by atoms with Crippen LogP contribution < -0.4 is 0 Å². The van der Waals surface area contributed by atoms with Crippen LogP contribution in [-0.4, -0.2) is 30.7 Å². The number of benzene rings is 1. The van der Waals surface area contributed by atoms with Crippen molar-refractivity contribution >= 4 is 23.3 Å². The van der Waals surface area contributed by atoms with Crippen molar-refractivity contribution in [3.63, 3.8) is 0 Å². The number of carbonyl (C=O) groups is 2. The summed E-state index contributed by atoms with van der Waals surface area (Å²) < 4.78 is 10.8. The quantitative estimate of drug-likeness (QED) is 0.629. The Morgan fingerprint density at radius 1 is 1.37 bits per heavy atom. The number of nitrogens with zero attached hydrogens (tertiary/aromatic N) is 1. The molecule has 0 bridgehead atoms. The summed E-state index contributed by atoms with van der Waals surface area (Å²) in [6.07, 6.45) is 1.96. The van der Waals surface area contributed by atoms with E-state index in [-0.39, 0.29) is 5.97 Å². The fraction of sp³-hybridized carbons (Fsp3) is 0.286. The van der Waals surface area contributed by atoms with Gasteiger partial charge in [0.2, 0.25) is 0 Å². The van der Waals surface area contributed by atoms with Crippen molar-refractivity contribution in [2.75, 3.05) is 13.7 Å². The largest absolute Gasteiger partial charge is 0.468 e. The Balaban J connectivity index is 0.000000312. The van der Waals surface area contributed by atoms with E-state index in [0.29, 0.717) is 18.6 Å². The van der Waals surface area contributed by atoms with Crippen LogP contribution in [0.2, 0.25) is 0 Å². The molecule has 2 aromatic rings. The minimum atomic E-state index is -0.298. The molecule has 1 aromatic carbocycles. The minimum Gasteiger partial charge on any atom is -0.468 e. The monoisotopic (exact) mass is 263 g/mol. The van der Waals surface area contributed by atoms with Crippen LogP contribution in [0, 0.1) is 0 Å². The van der Waals surface area contributed by atoms with Crippen molar-refractivity contribution in [3.8, 4) is 0 Å². The molecule has 0 atom stereocenters. The number of aromatic nitrogens is 1. The Labute approximate surface area is 111 Å². The highest BCUT2D eigenvalue weighted by Gasteiger charge is 2.06.